The summed E-state index contributed by atoms with van der Waals surface area (Å²) in [4.78, 5) is 12.7. The molecule has 0 saturated heterocycles. The number of halogens is 1. The van der Waals surface area contributed by atoms with Gasteiger partial charge in [-0.15, -0.1) is 0 Å². The second-order valence-corrected chi connectivity index (χ2v) is 5.82. The number of hydrogen-bond acceptors (Lipinski definition) is 1. The molecule has 2 aromatic carbocycles. The Labute approximate surface area is 113 Å². The summed E-state index contributed by atoms with van der Waals surface area (Å²) < 4.78 is 4.00. The molecular weight excluding hydrogens is 266 g/mol. The Bertz CT molecular complexity index is 579. The van der Waals surface area contributed by atoms with Gasteiger partial charge in [0.1, 0.15) is 0 Å². The molecule has 0 heterocycles. The van der Waals surface area contributed by atoms with Crippen LogP contribution in [0.4, 0.5) is 0 Å². The maximum absolute atomic E-state index is 11.9. The van der Waals surface area contributed by atoms with E-state index in [1.807, 2.05) is 37.3 Å². The van der Waals surface area contributed by atoms with E-state index in [0.29, 0.717) is 5.56 Å². The number of amides is 1. The Morgan fingerprint density at radius 2 is 1.67 bits per heavy atom. The molecule has 2 rings (SSSR count). The molecule has 18 heavy (non-hydrogen) atoms. The average Bonchev–Trinajstić information content (AvgIpc) is 2.40. The highest BCUT2D eigenvalue weighted by Crippen LogP contribution is 2.15. The van der Waals surface area contributed by atoms with Crippen LogP contribution in [-0.2, 0) is 9.90 Å². The number of rotatable bonds is 2. The molecule has 0 aromatic heterocycles. The third-order valence-electron chi connectivity index (χ3n) is 2.40. The Morgan fingerprint density at radius 3 is 2.28 bits per heavy atom. The predicted octanol–water partition coefficient (Wildman–Crippen LogP) is 4.15. The highest BCUT2D eigenvalue weighted by Gasteiger charge is 2.05. The van der Waals surface area contributed by atoms with Crippen LogP contribution in [0.1, 0.15) is 15.9 Å². The summed E-state index contributed by atoms with van der Waals surface area (Å²) in [6.07, 6.45) is 0. The van der Waals surface area contributed by atoms with E-state index in [9.17, 15) is 4.79 Å². The van der Waals surface area contributed by atoms with Crippen LogP contribution in [-0.4, -0.2) is 5.91 Å². The number of hydrogen-bond donors (Lipinski definition) is 0. The third kappa shape index (κ3) is 3.28. The van der Waals surface area contributed by atoms with Crippen molar-refractivity contribution < 1.29 is 4.79 Å². The lowest BCUT2D eigenvalue weighted by Crippen LogP contribution is -1.95. The van der Waals surface area contributed by atoms with E-state index < -0.39 is 9.90 Å². The fourth-order valence-electron chi connectivity index (χ4n) is 1.41. The maximum Gasteiger partial charge on any atom is 0.284 e. The van der Waals surface area contributed by atoms with Crippen molar-refractivity contribution >= 4 is 26.5 Å². The van der Waals surface area contributed by atoms with Crippen molar-refractivity contribution in [2.24, 2.45) is 4.36 Å². The van der Waals surface area contributed by atoms with Crippen LogP contribution in [0.15, 0.2) is 63.9 Å². The predicted molar refractivity (Wildman–Crippen MR) is 75.9 cm³/mol. The highest BCUT2D eigenvalue weighted by atomic mass is 35.7. The molecule has 0 fully saturated rings. The molecule has 0 saturated carbocycles. The number of nitrogens with zero attached hydrogens (tertiary/aromatic N) is 1. The van der Waals surface area contributed by atoms with Gasteiger partial charge in [-0.3, -0.25) is 4.79 Å². The lowest BCUT2D eigenvalue weighted by atomic mass is 10.2. The van der Waals surface area contributed by atoms with Crippen molar-refractivity contribution in [1.82, 2.24) is 0 Å². The molecular formula is C14H12ClNOS. The zero-order chi connectivity index (χ0) is 13.0. The van der Waals surface area contributed by atoms with Crippen LogP contribution < -0.4 is 0 Å². The first kappa shape index (κ1) is 13.0. The molecule has 92 valence electrons. The smallest absolute Gasteiger partial charge is 0.266 e. The molecule has 0 aliphatic heterocycles. The largest absolute Gasteiger partial charge is 0.284 e. The lowest BCUT2D eigenvalue weighted by molar-refractivity contribution is 0.101. The van der Waals surface area contributed by atoms with Gasteiger partial charge >= 0.3 is 0 Å². The normalized spacial score (nSPS) is 12.3. The van der Waals surface area contributed by atoms with Gasteiger partial charge in [0.2, 0.25) is 0 Å². The van der Waals surface area contributed by atoms with Crippen molar-refractivity contribution in [3.63, 3.8) is 0 Å². The van der Waals surface area contributed by atoms with E-state index in [0.717, 1.165) is 10.5 Å². The van der Waals surface area contributed by atoms with Crippen molar-refractivity contribution in [3.8, 4) is 0 Å². The first-order chi connectivity index (χ1) is 8.66. The van der Waals surface area contributed by atoms with E-state index >= 15 is 0 Å². The summed E-state index contributed by atoms with van der Waals surface area (Å²) >= 11 is 0. The molecule has 4 heteroatoms. The van der Waals surface area contributed by atoms with Crippen molar-refractivity contribution in [2.75, 3.05) is 0 Å². The third-order valence-corrected chi connectivity index (χ3v) is 4.13. The molecule has 0 aliphatic rings. The average molecular weight is 278 g/mol. The summed E-state index contributed by atoms with van der Waals surface area (Å²) in [7, 11) is 5.22. The van der Waals surface area contributed by atoms with Gasteiger partial charge in [0.25, 0.3) is 5.91 Å². The first-order valence-electron chi connectivity index (χ1n) is 5.45. The van der Waals surface area contributed by atoms with Gasteiger partial charge in [-0.1, -0.05) is 35.9 Å². The minimum absolute atomic E-state index is 0.283. The SMILES string of the molecule is Cc1ccc(S(Cl)=NC(=O)c2ccccc2)cc1. The van der Waals surface area contributed by atoms with E-state index in [2.05, 4.69) is 4.36 Å². The summed E-state index contributed by atoms with van der Waals surface area (Å²) in [6.45, 7) is 2.00. The first-order valence-corrected chi connectivity index (χ1v) is 7.46. The Kier molecular flexibility index (Phi) is 4.28. The number of benzene rings is 2. The lowest BCUT2D eigenvalue weighted by Gasteiger charge is -2.00. The Balaban J connectivity index is 2.23. The van der Waals surface area contributed by atoms with Gasteiger partial charge in [0.05, 0.1) is 0 Å². The van der Waals surface area contributed by atoms with Crippen molar-refractivity contribution in [3.05, 3.63) is 65.7 Å². The standard InChI is InChI=1S/C14H12ClNOS/c1-11-7-9-13(10-8-11)18(15)16-14(17)12-5-3-2-4-6-12/h2-10H,1H3. The number of carbonyl (C=O) groups is 1. The van der Waals surface area contributed by atoms with Crippen LogP contribution in [0.2, 0.25) is 0 Å². The van der Waals surface area contributed by atoms with Crippen molar-refractivity contribution in [1.29, 1.82) is 0 Å². The van der Waals surface area contributed by atoms with Gasteiger partial charge in [-0.05, 0) is 41.9 Å². The molecule has 2 aromatic rings. The van der Waals surface area contributed by atoms with Crippen LogP contribution in [0.5, 0.6) is 0 Å². The maximum atomic E-state index is 11.9. The topological polar surface area (TPSA) is 29.4 Å². The quantitative estimate of drug-likeness (QED) is 0.811. The van der Waals surface area contributed by atoms with Gasteiger partial charge < -0.3 is 0 Å². The number of aryl methyl sites for hydroxylation is 1. The minimum Gasteiger partial charge on any atom is -0.266 e. The number of carbonyl (C=O) groups excluding carboxylic acids is 1. The van der Waals surface area contributed by atoms with Gasteiger partial charge in [0.15, 0.2) is 0 Å². The Morgan fingerprint density at radius 1 is 1.06 bits per heavy atom. The molecule has 0 bridgehead atoms. The van der Waals surface area contributed by atoms with Gasteiger partial charge in [0, 0.05) is 20.4 Å². The van der Waals surface area contributed by atoms with Gasteiger partial charge in [-0.25, -0.2) is 0 Å². The minimum atomic E-state index is -0.925. The van der Waals surface area contributed by atoms with Crippen LogP contribution in [0, 0.1) is 6.92 Å². The molecule has 1 amide bonds. The molecule has 0 spiro atoms. The molecule has 0 N–H and O–H groups in total. The molecule has 2 nitrogen and oxygen atoms in total. The fourth-order valence-corrected chi connectivity index (χ4v) is 2.62. The summed E-state index contributed by atoms with van der Waals surface area (Å²) in [6, 6.07) is 16.6. The summed E-state index contributed by atoms with van der Waals surface area (Å²) in [5.41, 5.74) is 1.71. The molecule has 0 aliphatic carbocycles. The monoisotopic (exact) mass is 277 g/mol. The zero-order valence-corrected chi connectivity index (χ0v) is 11.4. The van der Waals surface area contributed by atoms with E-state index in [1.165, 1.54) is 0 Å². The molecule has 0 radical (unpaired) electrons. The van der Waals surface area contributed by atoms with Crippen molar-refractivity contribution in [2.45, 2.75) is 11.8 Å². The molecule has 1 atom stereocenters. The highest BCUT2D eigenvalue weighted by molar-refractivity contribution is 8.10. The summed E-state index contributed by atoms with van der Waals surface area (Å²) in [5.74, 6) is -0.283. The van der Waals surface area contributed by atoms with E-state index in [-0.39, 0.29) is 5.91 Å². The van der Waals surface area contributed by atoms with Crippen LogP contribution >= 0.6 is 10.7 Å². The van der Waals surface area contributed by atoms with E-state index in [1.54, 1.807) is 24.3 Å². The van der Waals surface area contributed by atoms with Gasteiger partial charge in [-0.2, -0.15) is 4.36 Å². The zero-order valence-electron chi connectivity index (χ0n) is 9.84. The van der Waals surface area contributed by atoms with E-state index in [4.69, 9.17) is 10.7 Å². The fraction of sp³-hybridized carbons (Fsp3) is 0.0714. The Hall–Kier alpha value is -1.45. The van der Waals surface area contributed by atoms with Crippen LogP contribution in [0.25, 0.3) is 0 Å². The summed E-state index contributed by atoms with van der Waals surface area (Å²) in [5, 5.41) is 0. The molecule has 1 unspecified atom stereocenters. The second-order valence-electron chi connectivity index (χ2n) is 3.81. The second kappa shape index (κ2) is 5.94. The van der Waals surface area contributed by atoms with Crippen LogP contribution in [0.3, 0.4) is 0 Å².